The average molecular weight is 186 g/mol. The topological polar surface area (TPSA) is 0 Å². The summed E-state index contributed by atoms with van der Waals surface area (Å²) in [6, 6.07) is 0. The molecule has 0 aliphatic carbocycles. The van der Waals surface area contributed by atoms with Gasteiger partial charge in [0.25, 0.3) is 0 Å². The second-order valence-corrected chi connectivity index (χ2v) is 4.31. The summed E-state index contributed by atoms with van der Waals surface area (Å²) >= 11 is 0. The zero-order chi connectivity index (χ0) is 10.9. The second-order valence-electron chi connectivity index (χ2n) is 4.31. The van der Waals surface area contributed by atoms with Crippen LogP contribution in [0.3, 0.4) is 0 Å². The normalized spacial score (nSPS) is 14.8. The van der Waals surface area contributed by atoms with Crippen LogP contribution >= 0.6 is 0 Å². The van der Waals surface area contributed by atoms with Crippen molar-refractivity contribution >= 4 is 0 Å². The van der Waals surface area contributed by atoms with Crippen LogP contribution in [0.1, 0.15) is 67.7 Å². The molecule has 0 aliphatic rings. The Hall–Kier alpha value is 0. The SMILES string of the molecule is CC.CCC(C)CCC(C)C(C)C. The molecule has 0 saturated carbocycles. The van der Waals surface area contributed by atoms with Crippen molar-refractivity contribution in [2.24, 2.45) is 17.8 Å². The van der Waals surface area contributed by atoms with Gasteiger partial charge in [0, 0.05) is 0 Å². The molecule has 0 radical (unpaired) electrons. The standard InChI is InChI=1S/C11H24.C2H6/c1-6-10(4)7-8-11(5)9(2)3;1-2/h9-11H,6-8H2,1-5H3;1-2H3. The smallest absolute Gasteiger partial charge is 0.0420 e. The summed E-state index contributed by atoms with van der Waals surface area (Å²) < 4.78 is 0. The van der Waals surface area contributed by atoms with E-state index in [4.69, 9.17) is 0 Å². The van der Waals surface area contributed by atoms with Gasteiger partial charge in [0.15, 0.2) is 0 Å². The van der Waals surface area contributed by atoms with Gasteiger partial charge >= 0.3 is 0 Å². The summed E-state index contributed by atoms with van der Waals surface area (Å²) in [7, 11) is 0. The predicted octanol–water partition coefficient (Wildman–Crippen LogP) is 5.13. The molecule has 2 atom stereocenters. The number of hydrogen-bond donors (Lipinski definition) is 0. The van der Waals surface area contributed by atoms with Gasteiger partial charge in [-0.3, -0.25) is 0 Å². The second kappa shape index (κ2) is 10.1. The highest BCUT2D eigenvalue weighted by Crippen LogP contribution is 2.20. The van der Waals surface area contributed by atoms with E-state index in [1.54, 1.807) is 0 Å². The molecule has 0 amide bonds. The fourth-order valence-corrected chi connectivity index (χ4v) is 1.08. The van der Waals surface area contributed by atoms with Crippen molar-refractivity contribution in [3.63, 3.8) is 0 Å². The molecule has 2 unspecified atom stereocenters. The number of hydrogen-bond acceptors (Lipinski definition) is 0. The van der Waals surface area contributed by atoms with Crippen LogP contribution in [0.5, 0.6) is 0 Å². The van der Waals surface area contributed by atoms with E-state index in [1.165, 1.54) is 19.3 Å². The molecule has 0 fully saturated rings. The van der Waals surface area contributed by atoms with E-state index >= 15 is 0 Å². The van der Waals surface area contributed by atoms with Gasteiger partial charge in [0.1, 0.15) is 0 Å². The third kappa shape index (κ3) is 9.92. The molecule has 0 saturated heterocycles. The van der Waals surface area contributed by atoms with Crippen LogP contribution < -0.4 is 0 Å². The van der Waals surface area contributed by atoms with Gasteiger partial charge < -0.3 is 0 Å². The number of rotatable bonds is 5. The van der Waals surface area contributed by atoms with E-state index in [1.807, 2.05) is 13.8 Å². The highest BCUT2D eigenvalue weighted by Gasteiger charge is 2.08. The van der Waals surface area contributed by atoms with Crippen molar-refractivity contribution in [1.82, 2.24) is 0 Å². The summed E-state index contributed by atoms with van der Waals surface area (Å²) in [4.78, 5) is 0. The van der Waals surface area contributed by atoms with Gasteiger partial charge in [-0.1, -0.05) is 67.7 Å². The minimum Gasteiger partial charge on any atom is -0.0683 e. The van der Waals surface area contributed by atoms with Gasteiger partial charge in [0.2, 0.25) is 0 Å². The Morgan fingerprint density at radius 3 is 1.62 bits per heavy atom. The van der Waals surface area contributed by atoms with Crippen LogP contribution in [-0.4, -0.2) is 0 Å². The van der Waals surface area contributed by atoms with Gasteiger partial charge in [-0.05, 0) is 17.8 Å². The van der Waals surface area contributed by atoms with Crippen LogP contribution in [0.2, 0.25) is 0 Å². The van der Waals surface area contributed by atoms with E-state index in [0.29, 0.717) is 0 Å². The largest absolute Gasteiger partial charge is 0.0683 e. The van der Waals surface area contributed by atoms with E-state index in [2.05, 4.69) is 34.6 Å². The van der Waals surface area contributed by atoms with Crippen molar-refractivity contribution in [2.45, 2.75) is 67.7 Å². The van der Waals surface area contributed by atoms with Crippen molar-refractivity contribution in [2.75, 3.05) is 0 Å². The minimum absolute atomic E-state index is 0.860. The third-order valence-electron chi connectivity index (χ3n) is 2.95. The van der Waals surface area contributed by atoms with E-state index < -0.39 is 0 Å². The van der Waals surface area contributed by atoms with Crippen LogP contribution in [0.25, 0.3) is 0 Å². The molecule has 0 aromatic carbocycles. The van der Waals surface area contributed by atoms with Gasteiger partial charge in [-0.15, -0.1) is 0 Å². The fraction of sp³-hybridized carbons (Fsp3) is 1.00. The molecule has 82 valence electrons. The maximum atomic E-state index is 2.37. The first kappa shape index (κ1) is 15.5. The zero-order valence-corrected chi connectivity index (χ0v) is 10.9. The first-order chi connectivity index (χ1) is 6.07. The Balaban J connectivity index is 0. The minimum atomic E-state index is 0.860. The highest BCUT2D eigenvalue weighted by molar-refractivity contribution is 4.59. The highest BCUT2D eigenvalue weighted by atomic mass is 14.1. The van der Waals surface area contributed by atoms with Crippen LogP contribution in [-0.2, 0) is 0 Å². The summed E-state index contributed by atoms with van der Waals surface area (Å²) in [6.07, 6.45) is 4.16. The van der Waals surface area contributed by atoms with Crippen molar-refractivity contribution < 1.29 is 0 Å². The molecule has 0 nitrogen and oxygen atoms in total. The summed E-state index contributed by atoms with van der Waals surface area (Å²) in [5.41, 5.74) is 0. The monoisotopic (exact) mass is 186 g/mol. The summed E-state index contributed by atoms with van der Waals surface area (Å²) in [5.74, 6) is 2.69. The molecular formula is C13H30. The van der Waals surface area contributed by atoms with Gasteiger partial charge in [-0.25, -0.2) is 0 Å². The Kier molecular flexibility index (Phi) is 12.0. The Morgan fingerprint density at radius 2 is 1.31 bits per heavy atom. The predicted molar refractivity (Wildman–Crippen MR) is 64.0 cm³/mol. The first-order valence-corrected chi connectivity index (χ1v) is 6.07. The lowest BCUT2D eigenvalue weighted by Gasteiger charge is -2.17. The molecule has 0 bridgehead atoms. The van der Waals surface area contributed by atoms with Crippen LogP contribution in [0, 0.1) is 17.8 Å². The maximum Gasteiger partial charge on any atom is -0.0420 e. The molecule has 0 heteroatoms. The zero-order valence-electron chi connectivity index (χ0n) is 10.9. The first-order valence-electron chi connectivity index (χ1n) is 6.07. The maximum absolute atomic E-state index is 2.37. The van der Waals surface area contributed by atoms with Crippen LogP contribution in [0.15, 0.2) is 0 Å². The molecule has 0 N–H and O–H groups in total. The Bertz CT molecular complexity index is 84.0. The van der Waals surface area contributed by atoms with Crippen LogP contribution in [0.4, 0.5) is 0 Å². The Morgan fingerprint density at radius 1 is 0.846 bits per heavy atom. The fourth-order valence-electron chi connectivity index (χ4n) is 1.08. The van der Waals surface area contributed by atoms with E-state index in [0.717, 1.165) is 17.8 Å². The quantitative estimate of drug-likeness (QED) is 0.558. The van der Waals surface area contributed by atoms with Crippen molar-refractivity contribution in [3.8, 4) is 0 Å². The third-order valence-corrected chi connectivity index (χ3v) is 2.95. The summed E-state index contributed by atoms with van der Waals surface area (Å²) in [6.45, 7) is 15.6. The molecule has 0 aliphatic heterocycles. The Labute approximate surface area is 86.1 Å². The lowest BCUT2D eigenvalue weighted by molar-refractivity contribution is 0.347. The molecule has 0 aromatic heterocycles. The lowest BCUT2D eigenvalue weighted by atomic mass is 9.89. The molecule has 0 aromatic rings. The van der Waals surface area contributed by atoms with Gasteiger partial charge in [-0.2, -0.15) is 0 Å². The molecule has 0 rings (SSSR count). The van der Waals surface area contributed by atoms with Crippen molar-refractivity contribution in [1.29, 1.82) is 0 Å². The summed E-state index contributed by atoms with van der Waals surface area (Å²) in [5, 5.41) is 0. The van der Waals surface area contributed by atoms with Gasteiger partial charge in [0.05, 0.1) is 0 Å². The molecule has 0 spiro atoms. The van der Waals surface area contributed by atoms with E-state index in [-0.39, 0.29) is 0 Å². The molecular weight excluding hydrogens is 156 g/mol. The van der Waals surface area contributed by atoms with Crippen molar-refractivity contribution in [3.05, 3.63) is 0 Å². The molecule has 0 heterocycles. The van der Waals surface area contributed by atoms with E-state index in [9.17, 15) is 0 Å². The lowest BCUT2D eigenvalue weighted by Crippen LogP contribution is -2.05. The average Bonchev–Trinajstić information content (AvgIpc) is 2.16. The molecule has 13 heavy (non-hydrogen) atoms.